The monoisotopic (exact) mass is 368 g/mol. The van der Waals surface area contributed by atoms with Crippen LogP contribution in [0.25, 0.3) is 0 Å². The van der Waals surface area contributed by atoms with Crippen LogP contribution in [0.3, 0.4) is 0 Å². The van der Waals surface area contributed by atoms with Gasteiger partial charge in [-0.05, 0) is 71.0 Å². The van der Waals surface area contributed by atoms with Gasteiger partial charge in [-0.3, -0.25) is 0 Å². The number of rotatable bonds is 0. The third-order valence-electron chi connectivity index (χ3n) is 4.31. The average molecular weight is 370 g/mol. The van der Waals surface area contributed by atoms with Crippen LogP contribution in [0.1, 0.15) is 38.5 Å². The lowest BCUT2D eigenvalue weighted by atomic mass is 9.83. The minimum absolute atomic E-state index is 0.714. The first-order valence-corrected chi connectivity index (χ1v) is 8.43. The second-order valence-electron chi connectivity index (χ2n) is 5.57. The molecule has 0 N–H and O–H groups in total. The summed E-state index contributed by atoms with van der Waals surface area (Å²) in [7, 11) is 0. The van der Waals surface area contributed by atoms with Gasteiger partial charge in [0, 0.05) is 0 Å². The largest absolute Gasteiger partial charge is 0.0808 e. The molecule has 0 fully saturated rings. The normalized spacial score (nSPS) is 31.9. The van der Waals surface area contributed by atoms with E-state index in [1.807, 2.05) is 0 Å². The molecule has 0 heterocycles. The van der Waals surface area contributed by atoms with Crippen LogP contribution in [0.5, 0.6) is 0 Å². The van der Waals surface area contributed by atoms with Gasteiger partial charge in [-0.2, -0.15) is 0 Å². The second-order valence-corrected chi connectivity index (χ2v) is 7.44. The highest BCUT2D eigenvalue weighted by Gasteiger charge is 2.21. The molecule has 0 aromatic heterocycles. The van der Waals surface area contributed by atoms with Crippen molar-refractivity contribution in [2.75, 3.05) is 0 Å². The Bertz CT molecular complexity index is 465. The average Bonchev–Trinajstić information content (AvgIpc) is 2.34. The van der Waals surface area contributed by atoms with Crippen LogP contribution in [0, 0.1) is 11.8 Å². The van der Waals surface area contributed by atoms with Gasteiger partial charge in [-0.15, -0.1) is 0 Å². The standard InChI is InChI=1S/C16H18Br2/c17-15-9-11-1-5-13(15)8-4-12-2-6-14(7-3-11)16(18)10-12/h1-2,5,10-11,14H,3-4,6-9H2/t11-,14+/m0/s1. The van der Waals surface area contributed by atoms with Crippen LogP contribution in [-0.4, -0.2) is 0 Å². The third kappa shape index (κ3) is 2.75. The number of hydrogen-bond acceptors (Lipinski definition) is 0. The molecule has 4 bridgehead atoms. The van der Waals surface area contributed by atoms with E-state index < -0.39 is 0 Å². The fraction of sp³-hybridized carbons (Fsp3) is 0.500. The summed E-state index contributed by atoms with van der Waals surface area (Å²) in [6.45, 7) is 0. The van der Waals surface area contributed by atoms with Crippen LogP contribution in [0.2, 0.25) is 0 Å². The zero-order valence-corrected chi connectivity index (χ0v) is 13.6. The van der Waals surface area contributed by atoms with Gasteiger partial charge in [0.1, 0.15) is 0 Å². The van der Waals surface area contributed by atoms with Gasteiger partial charge < -0.3 is 0 Å². The smallest absolute Gasteiger partial charge is 0.00115 e. The van der Waals surface area contributed by atoms with E-state index in [4.69, 9.17) is 0 Å². The van der Waals surface area contributed by atoms with Crippen LogP contribution in [-0.2, 0) is 0 Å². The van der Waals surface area contributed by atoms with Crippen LogP contribution in [0.15, 0.2) is 44.4 Å². The Balaban J connectivity index is 1.87. The molecule has 0 radical (unpaired) electrons. The molecule has 96 valence electrons. The van der Waals surface area contributed by atoms with Gasteiger partial charge in [0.2, 0.25) is 0 Å². The molecule has 0 aromatic rings. The lowest BCUT2D eigenvalue weighted by Crippen LogP contribution is -2.10. The van der Waals surface area contributed by atoms with Crippen molar-refractivity contribution in [1.82, 2.24) is 0 Å². The minimum Gasteiger partial charge on any atom is -0.0808 e. The maximum Gasteiger partial charge on any atom is -0.00115 e. The molecule has 0 unspecified atom stereocenters. The van der Waals surface area contributed by atoms with E-state index in [1.54, 1.807) is 0 Å². The molecule has 0 saturated heterocycles. The van der Waals surface area contributed by atoms with Crippen LogP contribution >= 0.6 is 31.9 Å². The zero-order valence-electron chi connectivity index (χ0n) is 10.5. The van der Waals surface area contributed by atoms with Crippen molar-refractivity contribution in [1.29, 1.82) is 0 Å². The molecular formula is C16H18Br2. The van der Waals surface area contributed by atoms with Gasteiger partial charge in [0.25, 0.3) is 0 Å². The van der Waals surface area contributed by atoms with E-state index in [-0.39, 0.29) is 0 Å². The summed E-state index contributed by atoms with van der Waals surface area (Å²) < 4.78 is 2.86. The highest BCUT2D eigenvalue weighted by atomic mass is 79.9. The van der Waals surface area contributed by atoms with Gasteiger partial charge in [0.15, 0.2) is 0 Å². The molecule has 0 aliphatic heterocycles. The number of hydrogen-bond donors (Lipinski definition) is 0. The van der Waals surface area contributed by atoms with Crippen molar-refractivity contribution in [3.63, 3.8) is 0 Å². The second kappa shape index (κ2) is 5.50. The molecule has 6 aliphatic carbocycles. The van der Waals surface area contributed by atoms with E-state index in [2.05, 4.69) is 56.2 Å². The molecule has 0 aromatic carbocycles. The summed E-state index contributed by atoms with van der Waals surface area (Å²) >= 11 is 7.57. The topological polar surface area (TPSA) is 0 Å². The number of allylic oxidation sites excluding steroid dienone is 8. The lowest BCUT2D eigenvalue weighted by Gasteiger charge is -2.26. The summed E-state index contributed by atoms with van der Waals surface area (Å²) in [4.78, 5) is 0. The fourth-order valence-corrected chi connectivity index (χ4v) is 4.53. The van der Waals surface area contributed by atoms with E-state index in [9.17, 15) is 0 Å². The van der Waals surface area contributed by atoms with Crippen LogP contribution in [0.4, 0.5) is 0 Å². The van der Waals surface area contributed by atoms with Crippen molar-refractivity contribution in [2.45, 2.75) is 38.5 Å². The van der Waals surface area contributed by atoms with Crippen molar-refractivity contribution in [3.8, 4) is 0 Å². The Kier molecular flexibility index (Phi) is 3.95. The zero-order chi connectivity index (χ0) is 12.5. The first-order chi connectivity index (χ1) is 8.72. The summed E-state index contributed by atoms with van der Waals surface area (Å²) in [6, 6.07) is 0. The van der Waals surface area contributed by atoms with Gasteiger partial charge in [-0.1, -0.05) is 55.7 Å². The van der Waals surface area contributed by atoms with Crippen molar-refractivity contribution in [3.05, 3.63) is 44.4 Å². The lowest BCUT2D eigenvalue weighted by molar-refractivity contribution is 0.478. The Labute approximate surface area is 126 Å². The molecule has 0 amide bonds. The van der Waals surface area contributed by atoms with E-state index in [1.165, 1.54) is 52.2 Å². The summed E-state index contributed by atoms with van der Waals surface area (Å²) in [6.07, 6.45) is 17.0. The van der Waals surface area contributed by atoms with Crippen molar-refractivity contribution >= 4 is 31.9 Å². The van der Waals surface area contributed by atoms with Gasteiger partial charge in [-0.25, -0.2) is 0 Å². The molecule has 18 heavy (non-hydrogen) atoms. The predicted molar refractivity (Wildman–Crippen MR) is 84.9 cm³/mol. The molecule has 0 spiro atoms. The summed E-state index contributed by atoms with van der Waals surface area (Å²) in [5.74, 6) is 1.44. The Hall–Kier alpha value is -0.0800. The van der Waals surface area contributed by atoms with E-state index >= 15 is 0 Å². The Morgan fingerprint density at radius 2 is 2.00 bits per heavy atom. The van der Waals surface area contributed by atoms with Gasteiger partial charge >= 0.3 is 0 Å². The molecule has 6 rings (SSSR count). The van der Waals surface area contributed by atoms with Crippen LogP contribution < -0.4 is 0 Å². The Morgan fingerprint density at radius 3 is 2.78 bits per heavy atom. The first-order valence-electron chi connectivity index (χ1n) is 6.84. The van der Waals surface area contributed by atoms with E-state index in [0.717, 1.165) is 12.3 Å². The maximum atomic E-state index is 3.78. The maximum absolute atomic E-state index is 3.78. The molecular weight excluding hydrogens is 352 g/mol. The molecule has 0 saturated carbocycles. The minimum atomic E-state index is 0.714. The Morgan fingerprint density at radius 1 is 1.11 bits per heavy atom. The molecule has 2 heteroatoms. The predicted octanol–water partition coefficient (Wildman–Crippen LogP) is 6.01. The van der Waals surface area contributed by atoms with E-state index in [0.29, 0.717) is 5.92 Å². The summed E-state index contributed by atoms with van der Waals surface area (Å²) in [5, 5.41) is 0. The quantitative estimate of drug-likeness (QED) is 0.490. The molecule has 2 atom stereocenters. The van der Waals surface area contributed by atoms with Gasteiger partial charge in [0.05, 0.1) is 0 Å². The molecule has 6 aliphatic rings. The first kappa shape index (κ1) is 12.9. The highest BCUT2D eigenvalue weighted by Crippen LogP contribution is 2.39. The summed E-state index contributed by atoms with van der Waals surface area (Å²) in [5.41, 5.74) is 3.00. The number of halogens is 2. The SMILES string of the molecule is BrC1=CC2=CC[C@@H]1CC[C@@H]1C=CC(=C(Br)C1)CC2. The molecule has 0 nitrogen and oxygen atoms in total. The third-order valence-corrected chi connectivity index (χ3v) is 6.02. The van der Waals surface area contributed by atoms with Crippen molar-refractivity contribution in [2.24, 2.45) is 11.8 Å². The highest BCUT2D eigenvalue weighted by molar-refractivity contribution is 9.12. The fourth-order valence-electron chi connectivity index (χ4n) is 3.07. The van der Waals surface area contributed by atoms with Crippen molar-refractivity contribution < 1.29 is 0 Å².